The van der Waals surface area contributed by atoms with Crippen LogP contribution in [0.4, 0.5) is 0 Å². The lowest BCUT2D eigenvalue weighted by Crippen LogP contribution is -2.49. The summed E-state index contributed by atoms with van der Waals surface area (Å²) in [5, 5.41) is 9.06. The molecular formula is C18H30ClN3O2. The largest absolute Gasteiger partial charge is 0.351 e. The Bertz CT molecular complexity index is 455. The monoisotopic (exact) mass is 355 g/mol. The van der Waals surface area contributed by atoms with E-state index in [0.29, 0.717) is 6.42 Å². The Balaban J connectivity index is 0.00000169. The normalized spacial score (nSPS) is 39.3. The fourth-order valence-electron chi connectivity index (χ4n) is 6.15. The number of rotatable bonds is 5. The Morgan fingerprint density at radius 2 is 1.62 bits per heavy atom. The predicted octanol–water partition coefficient (Wildman–Crippen LogP) is 1.61. The van der Waals surface area contributed by atoms with E-state index in [4.69, 9.17) is 0 Å². The van der Waals surface area contributed by atoms with Crippen LogP contribution in [0.15, 0.2) is 0 Å². The Morgan fingerprint density at radius 1 is 1.00 bits per heavy atom. The van der Waals surface area contributed by atoms with Crippen LogP contribution in [0.3, 0.4) is 0 Å². The molecule has 4 bridgehead atoms. The molecule has 5 fully saturated rings. The maximum absolute atomic E-state index is 12.4. The van der Waals surface area contributed by atoms with Gasteiger partial charge in [0.1, 0.15) is 0 Å². The molecule has 5 aliphatic rings. The van der Waals surface area contributed by atoms with Gasteiger partial charge in [-0.15, -0.1) is 12.4 Å². The zero-order valence-electron chi connectivity index (χ0n) is 14.3. The third kappa shape index (κ3) is 3.88. The van der Waals surface area contributed by atoms with Gasteiger partial charge < -0.3 is 16.0 Å². The average Bonchev–Trinajstić information content (AvgIpc) is 2.96. The fourth-order valence-corrected chi connectivity index (χ4v) is 6.15. The molecule has 4 aliphatic carbocycles. The maximum Gasteiger partial charge on any atom is 0.239 e. The second-order valence-electron chi connectivity index (χ2n) is 8.63. The third-order valence-corrected chi connectivity index (χ3v) is 6.57. The van der Waals surface area contributed by atoms with Gasteiger partial charge in [0.25, 0.3) is 0 Å². The molecule has 6 heteroatoms. The molecule has 24 heavy (non-hydrogen) atoms. The summed E-state index contributed by atoms with van der Waals surface area (Å²) >= 11 is 0. The number of nitrogens with one attached hydrogen (secondary N) is 3. The van der Waals surface area contributed by atoms with E-state index >= 15 is 0 Å². The first-order chi connectivity index (χ1) is 11.1. The Labute approximate surface area is 150 Å². The van der Waals surface area contributed by atoms with Gasteiger partial charge in [-0.2, -0.15) is 0 Å². The summed E-state index contributed by atoms with van der Waals surface area (Å²) in [5.41, 5.74) is 0.255. The molecule has 1 saturated heterocycles. The van der Waals surface area contributed by atoms with Crippen LogP contribution in [-0.4, -0.2) is 37.5 Å². The minimum absolute atomic E-state index is 0. The predicted molar refractivity (Wildman–Crippen MR) is 94.9 cm³/mol. The lowest BCUT2D eigenvalue weighted by Gasteiger charge is -2.56. The molecule has 4 saturated carbocycles. The van der Waals surface area contributed by atoms with Gasteiger partial charge in [-0.1, -0.05) is 0 Å². The summed E-state index contributed by atoms with van der Waals surface area (Å²) in [4.78, 5) is 24.3. The lowest BCUT2D eigenvalue weighted by atomic mass is 9.49. The highest BCUT2D eigenvalue weighted by atomic mass is 35.5. The molecule has 5 nitrogen and oxygen atoms in total. The van der Waals surface area contributed by atoms with Gasteiger partial charge in [0.2, 0.25) is 11.8 Å². The van der Waals surface area contributed by atoms with Crippen LogP contribution in [-0.2, 0) is 9.59 Å². The smallest absolute Gasteiger partial charge is 0.239 e. The Hall–Kier alpha value is -0.810. The molecule has 2 amide bonds. The summed E-state index contributed by atoms with van der Waals surface area (Å²) in [6.07, 6.45) is 9.54. The second kappa shape index (κ2) is 7.20. The van der Waals surface area contributed by atoms with Crippen LogP contribution < -0.4 is 16.0 Å². The van der Waals surface area contributed by atoms with Crippen LogP contribution in [0, 0.1) is 23.2 Å². The quantitative estimate of drug-likeness (QED) is 0.701. The van der Waals surface area contributed by atoms with Crippen molar-refractivity contribution in [3.8, 4) is 0 Å². The van der Waals surface area contributed by atoms with Crippen molar-refractivity contribution < 1.29 is 9.59 Å². The molecular weight excluding hydrogens is 326 g/mol. The van der Waals surface area contributed by atoms with E-state index in [1.165, 1.54) is 38.5 Å². The van der Waals surface area contributed by atoms with Crippen molar-refractivity contribution in [1.82, 2.24) is 16.0 Å². The number of amides is 2. The summed E-state index contributed by atoms with van der Waals surface area (Å²) in [5.74, 6) is 2.62. The zero-order valence-corrected chi connectivity index (χ0v) is 15.1. The summed E-state index contributed by atoms with van der Waals surface area (Å²) in [6.45, 7) is 1.93. The van der Waals surface area contributed by atoms with E-state index in [1.807, 2.05) is 0 Å². The van der Waals surface area contributed by atoms with E-state index in [0.717, 1.165) is 37.3 Å². The zero-order chi connectivity index (χ0) is 15.9. The van der Waals surface area contributed by atoms with Gasteiger partial charge in [0.05, 0.1) is 6.54 Å². The van der Waals surface area contributed by atoms with Crippen molar-refractivity contribution in [2.75, 3.05) is 19.6 Å². The van der Waals surface area contributed by atoms with Gasteiger partial charge in [-0.25, -0.2) is 0 Å². The molecule has 1 heterocycles. The van der Waals surface area contributed by atoms with Crippen LogP contribution in [0.1, 0.15) is 51.4 Å². The van der Waals surface area contributed by atoms with Crippen LogP contribution >= 0.6 is 12.4 Å². The van der Waals surface area contributed by atoms with Crippen LogP contribution in [0.5, 0.6) is 0 Å². The summed E-state index contributed by atoms with van der Waals surface area (Å²) in [6, 6.07) is 0.225. The lowest BCUT2D eigenvalue weighted by molar-refractivity contribution is -0.132. The molecule has 1 unspecified atom stereocenters. The molecule has 5 rings (SSSR count). The number of hydrogen-bond donors (Lipinski definition) is 3. The Morgan fingerprint density at radius 3 is 2.17 bits per heavy atom. The second-order valence-corrected chi connectivity index (χ2v) is 8.63. The molecule has 0 aromatic rings. The van der Waals surface area contributed by atoms with Crippen molar-refractivity contribution in [1.29, 1.82) is 0 Å². The molecule has 1 atom stereocenters. The molecule has 136 valence electrons. The van der Waals surface area contributed by atoms with Gasteiger partial charge >= 0.3 is 0 Å². The van der Waals surface area contributed by atoms with Gasteiger partial charge in [-0.05, 0) is 74.7 Å². The number of carbonyl (C=O) groups is 2. The minimum atomic E-state index is -0.0578. The highest BCUT2D eigenvalue weighted by molar-refractivity contribution is 5.85. The minimum Gasteiger partial charge on any atom is -0.351 e. The van der Waals surface area contributed by atoms with Gasteiger partial charge in [0, 0.05) is 19.0 Å². The van der Waals surface area contributed by atoms with Crippen molar-refractivity contribution in [3.63, 3.8) is 0 Å². The third-order valence-electron chi connectivity index (χ3n) is 6.57. The van der Waals surface area contributed by atoms with Crippen molar-refractivity contribution in [2.45, 2.75) is 57.4 Å². The van der Waals surface area contributed by atoms with E-state index in [1.54, 1.807) is 0 Å². The van der Waals surface area contributed by atoms with Crippen LogP contribution in [0.25, 0.3) is 0 Å². The number of hydrogen-bond acceptors (Lipinski definition) is 3. The standard InChI is InChI=1S/C18H29N3O2.ClH/c22-16(20-11-17(23)21-15-1-2-19-10-15)9-18-6-12-3-13(7-18)5-14(4-12)8-18;/h12-15,19H,1-11H2,(H,20,22)(H,21,23);1H. The first-order valence-electron chi connectivity index (χ1n) is 9.37. The summed E-state index contributed by atoms with van der Waals surface area (Å²) in [7, 11) is 0. The summed E-state index contributed by atoms with van der Waals surface area (Å²) < 4.78 is 0. The SMILES string of the molecule is Cl.O=C(CC12CC3CC(CC(C3)C1)C2)NCC(=O)NC1CCNC1. The first-order valence-corrected chi connectivity index (χ1v) is 9.37. The van der Waals surface area contributed by atoms with Crippen LogP contribution in [0.2, 0.25) is 0 Å². The molecule has 0 spiro atoms. The molecule has 0 aromatic carbocycles. The highest BCUT2D eigenvalue weighted by Crippen LogP contribution is 2.61. The van der Waals surface area contributed by atoms with Gasteiger partial charge in [-0.3, -0.25) is 9.59 Å². The molecule has 1 aliphatic heterocycles. The van der Waals surface area contributed by atoms with E-state index in [9.17, 15) is 9.59 Å². The van der Waals surface area contributed by atoms with Crippen molar-refractivity contribution in [3.05, 3.63) is 0 Å². The van der Waals surface area contributed by atoms with Crippen molar-refractivity contribution >= 4 is 24.2 Å². The molecule has 0 radical (unpaired) electrons. The fraction of sp³-hybridized carbons (Fsp3) is 0.889. The molecule has 3 N–H and O–H groups in total. The van der Waals surface area contributed by atoms with Gasteiger partial charge in [0.15, 0.2) is 0 Å². The van der Waals surface area contributed by atoms with E-state index in [2.05, 4.69) is 16.0 Å². The first kappa shape index (κ1) is 18.0. The number of carbonyl (C=O) groups excluding carboxylic acids is 2. The molecule has 0 aromatic heterocycles. The van der Waals surface area contributed by atoms with E-state index < -0.39 is 0 Å². The highest BCUT2D eigenvalue weighted by Gasteiger charge is 2.51. The number of halogens is 1. The topological polar surface area (TPSA) is 70.2 Å². The Kier molecular flexibility index (Phi) is 5.40. The van der Waals surface area contributed by atoms with E-state index in [-0.39, 0.29) is 42.2 Å². The van der Waals surface area contributed by atoms with Crippen molar-refractivity contribution in [2.24, 2.45) is 23.2 Å². The average molecular weight is 356 g/mol. The maximum atomic E-state index is 12.4.